The summed E-state index contributed by atoms with van der Waals surface area (Å²) in [4.78, 5) is 25.6. The summed E-state index contributed by atoms with van der Waals surface area (Å²) in [6.45, 7) is 1.41. The number of piperidine rings is 1. The fraction of sp³-hybridized carbons (Fsp3) is 0.304. The predicted octanol–water partition coefficient (Wildman–Crippen LogP) is 1.45. The number of sulfonamides is 1. The maximum absolute atomic E-state index is 13.1. The summed E-state index contributed by atoms with van der Waals surface area (Å²) in [5.41, 5.74) is 1.89. The van der Waals surface area contributed by atoms with E-state index in [0.29, 0.717) is 37.2 Å². The van der Waals surface area contributed by atoms with Crippen LogP contribution in [0.5, 0.6) is 0 Å². The van der Waals surface area contributed by atoms with Gasteiger partial charge in [0.25, 0.3) is 0 Å². The molecule has 1 aliphatic rings. The van der Waals surface area contributed by atoms with Gasteiger partial charge in [-0.25, -0.2) is 23.0 Å². The van der Waals surface area contributed by atoms with Gasteiger partial charge in [-0.3, -0.25) is 4.79 Å². The first-order valence-electron chi connectivity index (χ1n) is 10.9. The molecule has 0 aliphatic carbocycles. The first-order chi connectivity index (χ1) is 16.3. The second-order valence-corrected chi connectivity index (χ2v) is 9.68. The molecule has 0 amide bonds. The van der Waals surface area contributed by atoms with Crippen LogP contribution >= 0.6 is 0 Å². The Balaban J connectivity index is 1.57. The Morgan fingerprint density at radius 1 is 1.09 bits per heavy atom. The zero-order valence-electron chi connectivity index (χ0n) is 18.3. The molecular formula is C23H25N5O5S. The second kappa shape index (κ2) is 10.2. The van der Waals surface area contributed by atoms with E-state index in [9.17, 15) is 18.0 Å². The molecule has 1 aromatic heterocycles. The average molecular weight is 484 g/mol. The summed E-state index contributed by atoms with van der Waals surface area (Å²) in [6, 6.07) is 14.3. The second-order valence-electron chi connectivity index (χ2n) is 8.12. The van der Waals surface area contributed by atoms with Crippen molar-refractivity contribution in [1.82, 2.24) is 20.3 Å². The van der Waals surface area contributed by atoms with Crippen molar-refractivity contribution >= 4 is 22.0 Å². The smallest absolute Gasteiger partial charge is 0.338 e. The van der Waals surface area contributed by atoms with Crippen molar-refractivity contribution in [1.29, 1.82) is 0 Å². The zero-order valence-corrected chi connectivity index (χ0v) is 19.1. The molecule has 1 aliphatic heterocycles. The number of rotatable bonds is 7. The Morgan fingerprint density at radius 3 is 2.41 bits per heavy atom. The number of carbonyl (C=O) groups excluding carboxylic acids is 2. The molecular weight excluding hydrogens is 458 g/mol. The van der Waals surface area contributed by atoms with Crippen LogP contribution in [0.25, 0.3) is 11.3 Å². The molecule has 0 radical (unpaired) electrons. The van der Waals surface area contributed by atoms with Crippen LogP contribution in [0.4, 0.5) is 0 Å². The van der Waals surface area contributed by atoms with E-state index in [4.69, 9.17) is 9.88 Å². The molecule has 1 atom stereocenters. The number of nitrogens with two attached hydrogens (primary N) is 1. The lowest BCUT2D eigenvalue weighted by atomic mass is 9.98. The lowest BCUT2D eigenvalue weighted by molar-refractivity contribution is -0.165. The standard InChI is InChI=1S/C23H25N5O5S/c24-34(31,32)19-8-6-17(7-9-19)20-15-28(27-26-20)21(14-16-4-2-1-3-5-16)23(30)33-22(29)18-10-12-25-13-11-18/h1-9,15,18,21,25H,10-14H2,(H2,24,31,32)/t21-/m0/s1. The van der Waals surface area contributed by atoms with Gasteiger partial charge in [0, 0.05) is 12.0 Å². The molecule has 0 bridgehead atoms. The lowest BCUT2D eigenvalue weighted by Crippen LogP contribution is -2.35. The van der Waals surface area contributed by atoms with Crippen LogP contribution in [0.2, 0.25) is 0 Å². The van der Waals surface area contributed by atoms with Gasteiger partial charge in [-0.05, 0) is 43.6 Å². The van der Waals surface area contributed by atoms with Gasteiger partial charge in [-0.2, -0.15) is 0 Å². The number of esters is 2. The normalized spacial score (nSPS) is 15.6. The van der Waals surface area contributed by atoms with Crippen LogP contribution in [0.15, 0.2) is 65.7 Å². The highest BCUT2D eigenvalue weighted by atomic mass is 32.2. The number of nitrogens with zero attached hydrogens (tertiary/aromatic N) is 3. The van der Waals surface area contributed by atoms with Crippen molar-refractivity contribution in [3.8, 4) is 11.3 Å². The van der Waals surface area contributed by atoms with E-state index in [1.165, 1.54) is 16.8 Å². The predicted molar refractivity (Wildman–Crippen MR) is 123 cm³/mol. The number of nitrogens with one attached hydrogen (secondary N) is 1. The maximum atomic E-state index is 13.1. The van der Waals surface area contributed by atoms with Crippen molar-refractivity contribution in [2.45, 2.75) is 30.2 Å². The molecule has 2 heterocycles. The minimum atomic E-state index is -3.82. The Kier molecular flexibility index (Phi) is 7.15. The van der Waals surface area contributed by atoms with E-state index < -0.39 is 28.0 Å². The Labute approximate surface area is 197 Å². The first-order valence-corrected chi connectivity index (χ1v) is 12.4. The Bertz CT molecular complexity index is 1250. The number of carbonyl (C=O) groups is 2. The fourth-order valence-electron chi connectivity index (χ4n) is 3.81. The molecule has 3 N–H and O–H groups in total. The van der Waals surface area contributed by atoms with E-state index in [0.717, 1.165) is 5.56 Å². The number of hydrogen-bond donors (Lipinski definition) is 2. The molecule has 0 unspecified atom stereocenters. The van der Waals surface area contributed by atoms with Crippen LogP contribution in [-0.2, 0) is 30.8 Å². The van der Waals surface area contributed by atoms with Gasteiger partial charge in [0.2, 0.25) is 10.0 Å². The van der Waals surface area contributed by atoms with E-state index in [-0.39, 0.29) is 17.2 Å². The molecule has 34 heavy (non-hydrogen) atoms. The number of benzene rings is 2. The summed E-state index contributed by atoms with van der Waals surface area (Å²) >= 11 is 0. The molecule has 10 nitrogen and oxygen atoms in total. The van der Waals surface area contributed by atoms with Crippen molar-refractivity contribution in [2.24, 2.45) is 11.1 Å². The van der Waals surface area contributed by atoms with Crippen molar-refractivity contribution in [3.63, 3.8) is 0 Å². The average Bonchev–Trinajstić information content (AvgIpc) is 3.33. The van der Waals surface area contributed by atoms with E-state index in [2.05, 4.69) is 15.6 Å². The minimum Gasteiger partial charge on any atom is -0.391 e. The summed E-state index contributed by atoms with van der Waals surface area (Å²) in [5.74, 6) is -1.54. The van der Waals surface area contributed by atoms with E-state index >= 15 is 0 Å². The molecule has 1 saturated heterocycles. The number of hydrogen-bond acceptors (Lipinski definition) is 8. The fourth-order valence-corrected chi connectivity index (χ4v) is 4.32. The van der Waals surface area contributed by atoms with Crippen LogP contribution in [-0.4, -0.2) is 48.4 Å². The van der Waals surface area contributed by atoms with Crippen molar-refractivity contribution in [2.75, 3.05) is 13.1 Å². The van der Waals surface area contributed by atoms with Crippen LogP contribution in [0, 0.1) is 5.92 Å². The van der Waals surface area contributed by atoms with Gasteiger partial charge in [0.1, 0.15) is 5.69 Å². The summed E-state index contributed by atoms with van der Waals surface area (Å²) in [6.07, 6.45) is 3.07. The van der Waals surface area contributed by atoms with Crippen LogP contribution < -0.4 is 10.5 Å². The minimum absolute atomic E-state index is 0.0226. The van der Waals surface area contributed by atoms with Gasteiger partial charge in [0.15, 0.2) is 6.04 Å². The topological polar surface area (TPSA) is 146 Å². The molecule has 178 valence electrons. The SMILES string of the molecule is NS(=O)(=O)c1ccc(-c2cn([C@@H](Cc3ccccc3)C(=O)OC(=O)C3CCNCC3)nn2)cc1. The van der Waals surface area contributed by atoms with Crippen LogP contribution in [0.3, 0.4) is 0 Å². The lowest BCUT2D eigenvalue weighted by Gasteiger charge is -2.22. The van der Waals surface area contributed by atoms with Gasteiger partial charge < -0.3 is 10.1 Å². The molecule has 4 rings (SSSR count). The monoisotopic (exact) mass is 483 g/mol. The highest BCUT2D eigenvalue weighted by molar-refractivity contribution is 7.89. The summed E-state index contributed by atoms with van der Waals surface area (Å²) < 4.78 is 29.6. The van der Waals surface area contributed by atoms with E-state index in [1.54, 1.807) is 18.3 Å². The van der Waals surface area contributed by atoms with Gasteiger partial charge in [0.05, 0.1) is 17.0 Å². The molecule has 0 saturated carbocycles. The third-order valence-corrected chi connectivity index (χ3v) is 6.66. The largest absolute Gasteiger partial charge is 0.391 e. The number of primary sulfonamides is 1. The Morgan fingerprint density at radius 2 is 1.76 bits per heavy atom. The molecule has 0 spiro atoms. The summed E-state index contributed by atoms with van der Waals surface area (Å²) in [7, 11) is -3.82. The molecule has 11 heteroatoms. The first kappa shape index (κ1) is 23.7. The third-order valence-electron chi connectivity index (χ3n) is 5.73. The number of ether oxygens (including phenoxy) is 1. The maximum Gasteiger partial charge on any atom is 0.338 e. The molecule has 3 aromatic rings. The highest BCUT2D eigenvalue weighted by Crippen LogP contribution is 2.23. The highest BCUT2D eigenvalue weighted by Gasteiger charge is 2.30. The van der Waals surface area contributed by atoms with Crippen molar-refractivity contribution < 1.29 is 22.7 Å². The quantitative estimate of drug-likeness (QED) is 0.379. The number of aromatic nitrogens is 3. The molecule has 1 fully saturated rings. The van der Waals surface area contributed by atoms with Crippen molar-refractivity contribution in [3.05, 3.63) is 66.4 Å². The van der Waals surface area contributed by atoms with E-state index in [1.807, 2.05) is 30.3 Å². The van der Waals surface area contributed by atoms with Gasteiger partial charge in [-0.15, -0.1) is 5.10 Å². The van der Waals surface area contributed by atoms with Gasteiger partial charge >= 0.3 is 11.9 Å². The summed E-state index contributed by atoms with van der Waals surface area (Å²) in [5, 5.41) is 16.6. The molecule has 2 aromatic carbocycles. The third kappa shape index (κ3) is 5.74. The zero-order chi connectivity index (χ0) is 24.1. The van der Waals surface area contributed by atoms with Gasteiger partial charge in [-0.1, -0.05) is 47.7 Å². The van der Waals surface area contributed by atoms with Crippen LogP contribution in [0.1, 0.15) is 24.4 Å². The Hall–Kier alpha value is -3.41.